The second kappa shape index (κ2) is 13.3. The predicted octanol–water partition coefficient (Wildman–Crippen LogP) is 5.59. The summed E-state index contributed by atoms with van der Waals surface area (Å²) in [4.78, 5) is 25.5. The topological polar surface area (TPSA) is 112 Å². The first-order valence-corrected chi connectivity index (χ1v) is 18.8. The molecular formula is C33H43ClN9O2P. The Morgan fingerprint density at radius 1 is 1.04 bits per heavy atom. The number of likely N-dealkylation sites (N-methyl/N-ethyl adjacent to an activating group) is 1. The zero-order valence-corrected chi connectivity index (χ0v) is 29.1. The summed E-state index contributed by atoms with van der Waals surface area (Å²) < 4.78 is 19.3. The molecule has 6 rings (SSSR count). The number of aryl methyl sites for hydroxylation is 1. The van der Waals surface area contributed by atoms with Crippen LogP contribution in [-0.2, 0) is 11.0 Å². The van der Waals surface area contributed by atoms with Gasteiger partial charge in [0.05, 0.1) is 35.5 Å². The molecule has 244 valence electrons. The SMILES string of the molecule is CCc1cc(Nc2ncc(Cl)c(Nc3ccc4nccnc4c3P(C)(C)=O)n2)c(OC)cc1N1CCC(N2CC(N(C)C)C2)CC1. The summed E-state index contributed by atoms with van der Waals surface area (Å²) in [6.07, 6.45) is 7.97. The van der Waals surface area contributed by atoms with Crippen molar-refractivity contribution in [2.24, 2.45) is 0 Å². The molecule has 2 aromatic heterocycles. The van der Waals surface area contributed by atoms with Crippen molar-refractivity contribution in [2.45, 2.75) is 38.3 Å². The van der Waals surface area contributed by atoms with Crippen LogP contribution in [0.25, 0.3) is 11.0 Å². The summed E-state index contributed by atoms with van der Waals surface area (Å²) in [5.41, 5.74) is 5.09. The number of fused-ring (bicyclic) bond motifs is 1. The maximum atomic E-state index is 13.4. The fourth-order valence-corrected chi connectivity index (χ4v) is 8.00. The number of nitrogens with zero attached hydrogens (tertiary/aromatic N) is 7. The lowest BCUT2D eigenvalue weighted by Gasteiger charge is -2.49. The molecule has 2 saturated heterocycles. The highest BCUT2D eigenvalue weighted by Gasteiger charge is 2.35. The molecule has 2 fully saturated rings. The van der Waals surface area contributed by atoms with Crippen LogP contribution in [-0.4, -0.2) is 103 Å². The third-order valence-corrected chi connectivity index (χ3v) is 10.9. The average molecular weight is 664 g/mol. The molecule has 11 nitrogen and oxygen atoms in total. The Balaban J connectivity index is 1.22. The van der Waals surface area contributed by atoms with Crippen LogP contribution in [0.5, 0.6) is 5.75 Å². The van der Waals surface area contributed by atoms with Gasteiger partial charge in [-0.3, -0.25) is 14.9 Å². The summed E-state index contributed by atoms with van der Waals surface area (Å²) in [5, 5.41) is 7.57. The van der Waals surface area contributed by atoms with E-state index in [4.69, 9.17) is 21.3 Å². The molecule has 2 N–H and O–H groups in total. The van der Waals surface area contributed by atoms with Crippen LogP contribution < -0.4 is 25.6 Å². The molecule has 0 radical (unpaired) electrons. The molecule has 2 aliphatic heterocycles. The van der Waals surface area contributed by atoms with E-state index in [0.717, 1.165) is 38.0 Å². The summed E-state index contributed by atoms with van der Waals surface area (Å²) in [6, 6.07) is 9.27. The van der Waals surface area contributed by atoms with Gasteiger partial charge in [-0.2, -0.15) is 4.98 Å². The predicted molar refractivity (Wildman–Crippen MR) is 189 cm³/mol. The van der Waals surface area contributed by atoms with Gasteiger partial charge in [-0.25, -0.2) is 4.98 Å². The Kier molecular flexibility index (Phi) is 9.39. The number of piperidine rings is 1. The minimum Gasteiger partial charge on any atom is -0.494 e. The number of rotatable bonds is 10. The van der Waals surface area contributed by atoms with Gasteiger partial charge < -0.3 is 29.7 Å². The number of ether oxygens (including phenoxy) is 1. The molecule has 0 unspecified atom stereocenters. The molecule has 0 spiro atoms. The second-order valence-electron chi connectivity index (χ2n) is 12.7. The zero-order valence-electron chi connectivity index (χ0n) is 27.4. The number of hydrogen-bond donors (Lipinski definition) is 2. The number of methoxy groups -OCH3 is 1. The second-order valence-corrected chi connectivity index (χ2v) is 16.3. The highest BCUT2D eigenvalue weighted by molar-refractivity contribution is 7.71. The third-order valence-electron chi connectivity index (χ3n) is 9.12. The van der Waals surface area contributed by atoms with Gasteiger partial charge in [-0.15, -0.1) is 0 Å². The van der Waals surface area contributed by atoms with E-state index in [9.17, 15) is 4.57 Å². The summed E-state index contributed by atoms with van der Waals surface area (Å²) >= 11 is 6.56. The van der Waals surface area contributed by atoms with E-state index in [1.807, 2.05) is 12.1 Å². The maximum absolute atomic E-state index is 13.4. The van der Waals surface area contributed by atoms with Crippen LogP contribution >= 0.6 is 18.7 Å². The number of aromatic nitrogens is 4. The quantitative estimate of drug-likeness (QED) is 0.207. The monoisotopic (exact) mass is 663 g/mol. The van der Waals surface area contributed by atoms with E-state index in [2.05, 4.69) is 73.4 Å². The number of likely N-dealkylation sites (tertiary alicyclic amines) is 1. The molecule has 13 heteroatoms. The highest BCUT2D eigenvalue weighted by Crippen LogP contribution is 2.42. The van der Waals surface area contributed by atoms with Gasteiger partial charge in [0.2, 0.25) is 5.95 Å². The minimum atomic E-state index is -2.76. The van der Waals surface area contributed by atoms with Crippen LogP contribution in [0.3, 0.4) is 0 Å². The Morgan fingerprint density at radius 3 is 2.46 bits per heavy atom. The fraction of sp³-hybridized carbons (Fsp3) is 0.455. The van der Waals surface area contributed by atoms with E-state index in [1.165, 1.54) is 24.3 Å². The van der Waals surface area contributed by atoms with Crippen molar-refractivity contribution in [2.75, 3.05) is 76.2 Å². The lowest BCUT2D eigenvalue weighted by atomic mass is 9.96. The van der Waals surface area contributed by atoms with E-state index in [0.29, 0.717) is 56.6 Å². The molecule has 4 aromatic rings. The van der Waals surface area contributed by atoms with E-state index < -0.39 is 7.14 Å². The Morgan fingerprint density at radius 2 is 1.78 bits per heavy atom. The van der Waals surface area contributed by atoms with Gasteiger partial charge in [0, 0.05) is 62.4 Å². The Labute approximate surface area is 276 Å². The molecule has 0 amide bonds. The fourth-order valence-electron chi connectivity index (χ4n) is 6.47. The Bertz CT molecular complexity index is 1770. The standard InChI is InChI=1S/C33H43ClN9O2P/c1-7-21-16-27(29(45-4)17-28(21)42-14-10-22(11-15-42)43-19-23(20-43)41(2)3)39-33-37-18-24(34)32(40-33)38-26-9-8-25-30(36-13-12-35-25)31(26)46(5,6)44/h8-9,12-13,16-18,22-23H,7,10-11,14-15,19-20H2,1-6H3,(H2,37,38,39,40). The number of benzene rings is 2. The smallest absolute Gasteiger partial charge is 0.229 e. The molecule has 4 heterocycles. The van der Waals surface area contributed by atoms with Crippen molar-refractivity contribution in [3.63, 3.8) is 0 Å². The van der Waals surface area contributed by atoms with E-state index >= 15 is 0 Å². The van der Waals surface area contributed by atoms with Gasteiger partial charge in [0.15, 0.2) is 5.82 Å². The molecule has 46 heavy (non-hydrogen) atoms. The van der Waals surface area contributed by atoms with Gasteiger partial charge in [0.1, 0.15) is 23.4 Å². The minimum absolute atomic E-state index is 0.327. The first-order valence-electron chi connectivity index (χ1n) is 15.8. The lowest BCUT2D eigenvalue weighted by Crippen LogP contribution is -2.62. The van der Waals surface area contributed by atoms with Crippen LogP contribution in [0.15, 0.2) is 42.9 Å². The van der Waals surface area contributed by atoms with Crippen molar-refractivity contribution in [1.29, 1.82) is 0 Å². The first kappa shape index (κ1) is 32.4. The average Bonchev–Trinajstić information content (AvgIpc) is 3.01. The molecule has 2 aliphatic rings. The van der Waals surface area contributed by atoms with Gasteiger partial charge in [0.25, 0.3) is 0 Å². The molecule has 2 aromatic carbocycles. The molecule has 0 aliphatic carbocycles. The summed E-state index contributed by atoms with van der Waals surface area (Å²) in [6.45, 7) is 10.0. The molecule has 0 saturated carbocycles. The van der Waals surface area contributed by atoms with Crippen molar-refractivity contribution in [1.82, 2.24) is 29.7 Å². The number of halogens is 1. The summed E-state index contributed by atoms with van der Waals surface area (Å²) in [7, 11) is 3.27. The van der Waals surface area contributed by atoms with Gasteiger partial charge in [-0.1, -0.05) is 18.5 Å². The summed E-state index contributed by atoms with van der Waals surface area (Å²) in [5.74, 6) is 1.45. The lowest BCUT2D eigenvalue weighted by molar-refractivity contribution is 0.0188. The van der Waals surface area contributed by atoms with Crippen LogP contribution in [0.1, 0.15) is 25.3 Å². The normalized spacial score (nSPS) is 16.6. The number of anilines is 5. The van der Waals surface area contributed by atoms with Crippen LogP contribution in [0, 0.1) is 0 Å². The van der Waals surface area contributed by atoms with Crippen molar-refractivity contribution in [3.05, 3.63) is 53.4 Å². The van der Waals surface area contributed by atoms with Crippen LogP contribution in [0.2, 0.25) is 5.02 Å². The highest BCUT2D eigenvalue weighted by atomic mass is 35.5. The zero-order chi connectivity index (χ0) is 32.6. The van der Waals surface area contributed by atoms with Gasteiger partial charge in [-0.05, 0) is 70.5 Å². The number of nitrogens with one attached hydrogen (secondary N) is 2. The third kappa shape index (κ3) is 6.65. The molecular weight excluding hydrogens is 621 g/mol. The van der Waals surface area contributed by atoms with Crippen LogP contribution in [0.4, 0.5) is 28.8 Å². The van der Waals surface area contributed by atoms with Gasteiger partial charge >= 0.3 is 0 Å². The number of hydrogen-bond acceptors (Lipinski definition) is 11. The van der Waals surface area contributed by atoms with Crippen molar-refractivity contribution < 1.29 is 9.30 Å². The molecule has 0 atom stereocenters. The first-order chi connectivity index (χ1) is 22.0. The van der Waals surface area contributed by atoms with Crippen molar-refractivity contribution >= 4 is 63.9 Å². The van der Waals surface area contributed by atoms with E-state index in [1.54, 1.807) is 39.0 Å². The van der Waals surface area contributed by atoms with Crippen molar-refractivity contribution in [3.8, 4) is 5.75 Å². The maximum Gasteiger partial charge on any atom is 0.229 e. The Hall–Kier alpha value is -3.50. The van der Waals surface area contributed by atoms with E-state index in [-0.39, 0.29) is 0 Å². The largest absolute Gasteiger partial charge is 0.494 e. The molecule has 0 bridgehead atoms.